The Bertz CT molecular complexity index is 1030. The third kappa shape index (κ3) is 8.77. The van der Waals surface area contributed by atoms with Crippen LogP contribution in [0.4, 0.5) is 0 Å². The number of methoxy groups -OCH3 is 1. The first-order valence-corrected chi connectivity index (χ1v) is 12.7. The van der Waals surface area contributed by atoms with E-state index in [1.54, 1.807) is 0 Å². The van der Waals surface area contributed by atoms with Crippen molar-refractivity contribution in [1.29, 1.82) is 0 Å². The number of hydrogen-bond donors (Lipinski definition) is 1. The first-order chi connectivity index (χ1) is 17.7. The Hall–Kier alpha value is -3.62. The number of hydrogen-bond acceptors (Lipinski definition) is 8. The monoisotopic (exact) mass is 514 g/mol. The molecule has 1 amide bonds. The highest BCUT2D eigenvalue weighted by Crippen LogP contribution is 2.30. The molecule has 0 aliphatic rings. The van der Waals surface area contributed by atoms with Crippen LogP contribution in [-0.2, 0) is 14.3 Å². The maximum absolute atomic E-state index is 12.9. The molecule has 2 aromatic rings. The zero-order valence-corrected chi connectivity index (χ0v) is 22.5. The number of amides is 1. The molecule has 0 radical (unpaired) electrons. The van der Waals surface area contributed by atoms with Crippen molar-refractivity contribution in [3.63, 3.8) is 0 Å². The number of rotatable bonds is 14. The van der Waals surface area contributed by atoms with Gasteiger partial charge in [-0.2, -0.15) is 0 Å². The van der Waals surface area contributed by atoms with Gasteiger partial charge in [-0.1, -0.05) is 44.9 Å². The van der Waals surface area contributed by atoms with E-state index in [0.717, 1.165) is 31.4 Å². The van der Waals surface area contributed by atoms with Gasteiger partial charge in [0, 0.05) is 25.1 Å². The number of nitrogens with one attached hydrogen (secondary N) is 1. The molecule has 9 heteroatoms. The van der Waals surface area contributed by atoms with E-state index in [9.17, 15) is 14.4 Å². The number of carbonyl (C=O) groups excluding carboxylic acids is 3. The van der Waals surface area contributed by atoms with Crippen molar-refractivity contribution >= 4 is 17.8 Å². The van der Waals surface area contributed by atoms with Crippen LogP contribution in [0, 0.1) is 5.92 Å². The summed E-state index contributed by atoms with van der Waals surface area (Å²) in [5.41, 5.74) is -0.176. The number of benzene rings is 1. The summed E-state index contributed by atoms with van der Waals surface area (Å²) in [6, 6.07) is 10.1. The summed E-state index contributed by atoms with van der Waals surface area (Å²) >= 11 is 0. The van der Waals surface area contributed by atoms with Crippen LogP contribution in [0.1, 0.15) is 70.8 Å². The molecule has 9 nitrogen and oxygen atoms in total. The summed E-state index contributed by atoms with van der Waals surface area (Å²) < 4.78 is 22.4. The molecule has 0 spiro atoms. The fourth-order valence-corrected chi connectivity index (χ4v) is 4.00. The summed E-state index contributed by atoms with van der Waals surface area (Å²) in [6.07, 6.45) is 4.31. The van der Waals surface area contributed by atoms with Crippen molar-refractivity contribution < 1.29 is 33.3 Å². The molecule has 202 valence electrons. The topological polar surface area (TPSA) is 113 Å². The Morgan fingerprint density at radius 1 is 1.05 bits per heavy atom. The third-order valence-electron chi connectivity index (χ3n) is 5.96. The Balaban J connectivity index is 2.11. The van der Waals surface area contributed by atoms with Gasteiger partial charge in [-0.25, -0.2) is 9.78 Å². The first kappa shape index (κ1) is 29.6. The van der Waals surface area contributed by atoms with Crippen LogP contribution in [0.25, 0.3) is 0 Å². The van der Waals surface area contributed by atoms with Crippen molar-refractivity contribution in [2.75, 3.05) is 7.11 Å². The zero-order valence-electron chi connectivity index (χ0n) is 22.5. The number of esters is 2. The number of unbranched alkanes of at least 4 members (excludes halogenated alkanes) is 1. The molecular weight excluding hydrogens is 476 g/mol. The highest BCUT2D eigenvalue weighted by atomic mass is 16.6. The molecule has 2 rings (SSSR count). The predicted molar refractivity (Wildman–Crippen MR) is 139 cm³/mol. The maximum atomic E-state index is 12.9. The fraction of sp³-hybridized carbons (Fsp3) is 0.500. The van der Waals surface area contributed by atoms with Crippen molar-refractivity contribution in [2.24, 2.45) is 5.92 Å². The van der Waals surface area contributed by atoms with Crippen LogP contribution in [0.15, 0.2) is 42.6 Å². The molecule has 1 N–H and O–H groups in total. The average molecular weight is 515 g/mol. The molecule has 1 heterocycles. The van der Waals surface area contributed by atoms with Gasteiger partial charge >= 0.3 is 11.9 Å². The van der Waals surface area contributed by atoms with Gasteiger partial charge in [0.15, 0.2) is 11.4 Å². The summed E-state index contributed by atoms with van der Waals surface area (Å²) in [5.74, 6) is -1.14. The van der Waals surface area contributed by atoms with Crippen molar-refractivity contribution in [3.05, 3.63) is 48.3 Å². The highest BCUT2D eigenvalue weighted by Gasteiger charge is 2.32. The molecule has 0 saturated heterocycles. The summed E-state index contributed by atoms with van der Waals surface area (Å²) in [7, 11) is 1.38. The second kappa shape index (κ2) is 14.8. The van der Waals surface area contributed by atoms with E-state index in [0.29, 0.717) is 0 Å². The number of nitrogens with zero attached hydrogens (tertiary/aromatic N) is 1. The lowest BCUT2D eigenvalue weighted by molar-refractivity contribution is -0.154. The number of aromatic nitrogens is 1. The minimum Gasteiger partial charge on any atom is -0.493 e. The van der Waals surface area contributed by atoms with Gasteiger partial charge < -0.3 is 24.3 Å². The van der Waals surface area contributed by atoms with Gasteiger partial charge in [-0.3, -0.25) is 9.59 Å². The van der Waals surface area contributed by atoms with E-state index in [1.165, 1.54) is 33.2 Å². The van der Waals surface area contributed by atoms with Gasteiger partial charge in [0.25, 0.3) is 5.91 Å². The second-order valence-electron chi connectivity index (χ2n) is 8.81. The normalized spacial score (nSPS) is 14.0. The molecule has 0 unspecified atom stereocenters. The van der Waals surface area contributed by atoms with Crippen molar-refractivity contribution in [2.45, 2.75) is 78.6 Å². The Morgan fingerprint density at radius 2 is 1.76 bits per heavy atom. The van der Waals surface area contributed by atoms with Gasteiger partial charge in [-0.15, -0.1) is 0 Å². The first-order valence-electron chi connectivity index (χ1n) is 12.7. The Labute approximate surface area is 218 Å². The van der Waals surface area contributed by atoms with Crippen LogP contribution >= 0.6 is 0 Å². The maximum Gasteiger partial charge on any atom is 0.328 e. The molecular formula is C28H38N2O7. The van der Waals surface area contributed by atoms with Gasteiger partial charge in [0.05, 0.1) is 7.11 Å². The summed E-state index contributed by atoms with van der Waals surface area (Å²) in [4.78, 5) is 41.4. The Kier molecular flexibility index (Phi) is 11.9. The summed E-state index contributed by atoms with van der Waals surface area (Å²) in [5, 5.41) is 2.58. The van der Waals surface area contributed by atoms with E-state index in [-0.39, 0.29) is 29.2 Å². The van der Waals surface area contributed by atoms with Crippen LogP contribution in [0.3, 0.4) is 0 Å². The minimum absolute atomic E-state index is 0.0346. The number of carbonyl (C=O) groups is 3. The SMILES string of the molecule is CCCC[C@@H]([C@H](C)OC(=O)[C@H](C)NC(=O)c1nccc(OC)c1OC(C)=O)[C@@H](CC)Oc1ccccc1. The van der Waals surface area contributed by atoms with E-state index in [1.807, 2.05) is 44.2 Å². The number of para-hydroxylation sites is 1. The molecule has 1 aromatic heterocycles. The van der Waals surface area contributed by atoms with E-state index < -0.39 is 30.0 Å². The lowest BCUT2D eigenvalue weighted by atomic mass is 9.89. The number of ether oxygens (including phenoxy) is 4. The van der Waals surface area contributed by atoms with Crippen molar-refractivity contribution in [3.8, 4) is 17.2 Å². The minimum atomic E-state index is -0.977. The fourth-order valence-electron chi connectivity index (χ4n) is 4.00. The molecule has 0 saturated carbocycles. The van der Waals surface area contributed by atoms with E-state index >= 15 is 0 Å². The van der Waals surface area contributed by atoms with Gasteiger partial charge in [-0.05, 0) is 38.8 Å². The van der Waals surface area contributed by atoms with Gasteiger partial charge in [0.2, 0.25) is 5.75 Å². The lowest BCUT2D eigenvalue weighted by Crippen LogP contribution is -2.43. The standard InChI is InChI=1S/C28H38N2O7/c1-7-9-15-22(23(8-2)37-21-13-11-10-12-14-21)19(4)35-28(33)18(3)30-27(32)25-26(36-20(5)31)24(34-6)16-17-29-25/h10-14,16-19,22-23H,7-9,15H2,1-6H3,(H,30,32)/t18-,19-,22-,23+/m0/s1. The smallest absolute Gasteiger partial charge is 0.328 e. The predicted octanol–water partition coefficient (Wildman–Crippen LogP) is 4.73. The molecule has 37 heavy (non-hydrogen) atoms. The number of pyridine rings is 1. The van der Waals surface area contributed by atoms with Crippen LogP contribution in [0.5, 0.6) is 17.2 Å². The molecule has 0 aliphatic heterocycles. The lowest BCUT2D eigenvalue weighted by Gasteiger charge is -2.32. The molecule has 0 fully saturated rings. The third-order valence-corrected chi connectivity index (χ3v) is 5.96. The molecule has 0 aliphatic carbocycles. The van der Waals surface area contributed by atoms with Crippen molar-refractivity contribution in [1.82, 2.24) is 10.3 Å². The average Bonchev–Trinajstić information content (AvgIpc) is 2.88. The van der Waals surface area contributed by atoms with E-state index in [2.05, 4.69) is 17.2 Å². The highest BCUT2D eigenvalue weighted by molar-refractivity contribution is 5.98. The largest absolute Gasteiger partial charge is 0.493 e. The molecule has 0 bridgehead atoms. The zero-order chi connectivity index (χ0) is 27.4. The van der Waals surface area contributed by atoms with E-state index in [4.69, 9.17) is 18.9 Å². The molecule has 1 aromatic carbocycles. The quantitative estimate of drug-likeness (QED) is 0.360. The van der Waals surface area contributed by atoms with Gasteiger partial charge in [0.1, 0.15) is 24.0 Å². The summed E-state index contributed by atoms with van der Waals surface area (Å²) in [6.45, 7) is 8.74. The molecule has 4 atom stereocenters. The Morgan fingerprint density at radius 3 is 2.35 bits per heavy atom. The van der Waals surface area contributed by atoms with Crippen LogP contribution in [-0.4, -0.2) is 48.2 Å². The second-order valence-corrected chi connectivity index (χ2v) is 8.81. The van der Waals surface area contributed by atoms with Crippen LogP contribution < -0.4 is 19.5 Å². The van der Waals surface area contributed by atoms with Crippen LogP contribution in [0.2, 0.25) is 0 Å².